The predicted octanol–water partition coefficient (Wildman–Crippen LogP) is 1.08. The fourth-order valence-electron chi connectivity index (χ4n) is 1.70. The molecule has 86 valence electrons. The zero-order chi connectivity index (χ0) is 11.5. The molecule has 0 aliphatic heterocycles. The lowest BCUT2D eigenvalue weighted by molar-refractivity contribution is 0.597. The van der Waals surface area contributed by atoms with Gasteiger partial charge >= 0.3 is 0 Å². The number of hydrogen-bond donors (Lipinski definition) is 1. The van der Waals surface area contributed by atoms with Crippen molar-refractivity contribution in [3.05, 3.63) is 28.5 Å². The van der Waals surface area contributed by atoms with Crippen molar-refractivity contribution in [3.8, 4) is 0 Å². The highest BCUT2D eigenvalue weighted by molar-refractivity contribution is 7.05. The predicted molar refractivity (Wildman–Crippen MR) is 63.4 cm³/mol. The summed E-state index contributed by atoms with van der Waals surface area (Å²) in [4.78, 5) is 1.20. The molecular formula is C10H15N5S. The van der Waals surface area contributed by atoms with E-state index >= 15 is 0 Å². The molecule has 2 heterocycles. The Morgan fingerprint density at radius 3 is 2.88 bits per heavy atom. The second-order valence-corrected chi connectivity index (χ2v) is 4.58. The molecule has 2 aromatic heterocycles. The van der Waals surface area contributed by atoms with Gasteiger partial charge < -0.3 is 5.32 Å². The van der Waals surface area contributed by atoms with Gasteiger partial charge in [-0.15, -0.1) is 5.10 Å². The molecule has 5 nitrogen and oxygen atoms in total. The summed E-state index contributed by atoms with van der Waals surface area (Å²) in [7, 11) is 3.89. The molecule has 0 saturated heterocycles. The lowest BCUT2D eigenvalue weighted by atomic mass is 10.1. The molecule has 0 aliphatic carbocycles. The Morgan fingerprint density at radius 2 is 2.38 bits per heavy atom. The number of likely N-dealkylation sites (N-methyl/N-ethyl adjacent to an activating group) is 1. The van der Waals surface area contributed by atoms with Gasteiger partial charge in [-0.3, -0.25) is 4.68 Å². The minimum atomic E-state index is 0.268. The number of rotatable bonds is 4. The Labute approximate surface area is 98.7 Å². The van der Waals surface area contributed by atoms with Crippen LogP contribution in [0.2, 0.25) is 0 Å². The molecule has 0 spiro atoms. The van der Waals surface area contributed by atoms with Gasteiger partial charge in [-0.25, -0.2) is 0 Å². The van der Waals surface area contributed by atoms with Crippen molar-refractivity contribution >= 4 is 11.5 Å². The molecule has 0 aliphatic rings. The summed E-state index contributed by atoms with van der Waals surface area (Å²) in [6, 6.07) is 0.268. The van der Waals surface area contributed by atoms with E-state index in [9.17, 15) is 0 Å². The van der Waals surface area contributed by atoms with E-state index in [2.05, 4.69) is 20.0 Å². The summed E-state index contributed by atoms with van der Waals surface area (Å²) in [5.74, 6) is 0. The first kappa shape index (κ1) is 11.2. The molecule has 1 unspecified atom stereocenters. The third-order valence-corrected chi connectivity index (χ3v) is 3.49. The number of aryl methyl sites for hydroxylation is 2. The Hall–Kier alpha value is -1.27. The number of aromatic nitrogens is 4. The van der Waals surface area contributed by atoms with E-state index < -0.39 is 0 Å². The van der Waals surface area contributed by atoms with Crippen LogP contribution in [0.5, 0.6) is 0 Å². The zero-order valence-electron chi connectivity index (χ0n) is 9.64. The lowest BCUT2D eigenvalue weighted by Crippen LogP contribution is -2.18. The lowest BCUT2D eigenvalue weighted by Gasteiger charge is -2.13. The Kier molecular flexibility index (Phi) is 3.31. The van der Waals surface area contributed by atoms with Crippen molar-refractivity contribution in [2.24, 2.45) is 7.05 Å². The molecule has 6 heteroatoms. The smallest absolute Gasteiger partial charge is 0.0772 e. The van der Waals surface area contributed by atoms with Crippen LogP contribution in [0, 0.1) is 6.92 Å². The Morgan fingerprint density at radius 1 is 1.56 bits per heavy atom. The third kappa shape index (κ3) is 2.28. The molecule has 0 radical (unpaired) electrons. The van der Waals surface area contributed by atoms with Crippen molar-refractivity contribution < 1.29 is 0 Å². The fraction of sp³-hybridized carbons (Fsp3) is 0.500. The van der Waals surface area contributed by atoms with Crippen molar-refractivity contribution in [1.29, 1.82) is 0 Å². The topological polar surface area (TPSA) is 55.6 Å². The van der Waals surface area contributed by atoms with Crippen LogP contribution in [0.3, 0.4) is 0 Å². The molecule has 2 aromatic rings. The van der Waals surface area contributed by atoms with Gasteiger partial charge in [0.15, 0.2) is 0 Å². The highest BCUT2D eigenvalue weighted by Crippen LogP contribution is 2.22. The SMILES string of the molecule is CNC(Cc1cnn(C)c1)c1snnc1C. The molecule has 2 rings (SSSR count). The van der Waals surface area contributed by atoms with Crippen molar-refractivity contribution in [2.75, 3.05) is 7.05 Å². The van der Waals surface area contributed by atoms with Gasteiger partial charge in [0.2, 0.25) is 0 Å². The largest absolute Gasteiger partial charge is 0.312 e. The average Bonchev–Trinajstić information content (AvgIpc) is 2.84. The first-order valence-corrected chi connectivity index (χ1v) is 5.91. The van der Waals surface area contributed by atoms with Gasteiger partial charge in [-0.05, 0) is 37.5 Å². The molecule has 0 amide bonds. The highest BCUT2D eigenvalue weighted by atomic mass is 32.1. The van der Waals surface area contributed by atoms with E-state index in [0.717, 1.165) is 12.1 Å². The van der Waals surface area contributed by atoms with Gasteiger partial charge in [0.25, 0.3) is 0 Å². The monoisotopic (exact) mass is 237 g/mol. The van der Waals surface area contributed by atoms with Crippen LogP contribution < -0.4 is 5.32 Å². The summed E-state index contributed by atoms with van der Waals surface area (Å²) in [6.45, 7) is 1.99. The average molecular weight is 237 g/mol. The van der Waals surface area contributed by atoms with E-state index in [4.69, 9.17) is 0 Å². The molecule has 0 saturated carbocycles. The first-order valence-electron chi connectivity index (χ1n) is 5.14. The summed E-state index contributed by atoms with van der Waals surface area (Å²) >= 11 is 1.46. The first-order chi connectivity index (χ1) is 7.70. The minimum absolute atomic E-state index is 0.268. The fourth-order valence-corrected chi connectivity index (χ4v) is 2.45. The van der Waals surface area contributed by atoms with E-state index in [-0.39, 0.29) is 6.04 Å². The molecule has 0 fully saturated rings. The number of nitrogens with zero attached hydrogens (tertiary/aromatic N) is 4. The van der Waals surface area contributed by atoms with Crippen LogP contribution in [0.1, 0.15) is 22.2 Å². The maximum atomic E-state index is 4.17. The molecule has 0 bridgehead atoms. The summed E-state index contributed by atoms with van der Waals surface area (Å²) in [5.41, 5.74) is 2.22. The maximum Gasteiger partial charge on any atom is 0.0772 e. The standard InChI is InChI=1S/C10H15N5S/c1-7-10(16-14-13-7)9(11-2)4-8-5-12-15(3)6-8/h5-6,9,11H,4H2,1-3H3. The van der Waals surface area contributed by atoms with Gasteiger partial charge in [0.1, 0.15) is 0 Å². The molecule has 1 atom stereocenters. The normalized spacial score (nSPS) is 12.9. The second kappa shape index (κ2) is 4.71. The van der Waals surface area contributed by atoms with Crippen molar-refractivity contribution in [3.63, 3.8) is 0 Å². The summed E-state index contributed by atoms with van der Waals surface area (Å²) < 4.78 is 5.79. The molecular weight excluding hydrogens is 222 g/mol. The van der Waals surface area contributed by atoms with Crippen LogP contribution in [-0.2, 0) is 13.5 Å². The van der Waals surface area contributed by atoms with Gasteiger partial charge in [-0.2, -0.15) is 5.10 Å². The summed E-state index contributed by atoms with van der Waals surface area (Å²) in [5, 5.41) is 11.5. The third-order valence-electron chi connectivity index (χ3n) is 2.55. The number of nitrogens with one attached hydrogen (secondary N) is 1. The second-order valence-electron chi connectivity index (χ2n) is 3.79. The van der Waals surface area contributed by atoms with Gasteiger partial charge in [0, 0.05) is 19.3 Å². The van der Waals surface area contributed by atoms with Gasteiger partial charge in [-0.1, -0.05) is 4.49 Å². The van der Waals surface area contributed by atoms with Crippen LogP contribution >= 0.6 is 11.5 Å². The van der Waals surface area contributed by atoms with Crippen LogP contribution in [0.25, 0.3) is 0 Å². The van der Waals surface area contributed by atoms with Gasteiger partial charge in [0.05, 0.1) is 16.8 Å². The molecule has 16 heavy (non-hydrogen) atoms. The van der Waals surface area contributed by atoms with E-state index in [0.29, 0.717) is 0 Å². The highest BCUT2D eigenvalue weighted by Gasteiger charge is 2.16. The zero-order valence-corrected chi connectivity index (χ0v) is 10.5. The number of hydrogen-bond acceptors (Lipinski definition) is 5. The summed E-state index contributed by atoms with van der Waals surface area (Å²) in [6.07, 6.45) is 4.84. The maximum absolute atomic E-state index is 4.17. The minimum Gasteiger partial charge on any atom is -0.312 e. The van der Waals surface area contributed by atoms with Crippen LogP contribution in [0.4, 0.5) is 0 Å². The van der Waals surface area contributed by atoms with Crippen LogP contribution in [-0.4, -0.2) is 26.4 Å². The quantitative estimate of drug-likeness (QED) is 0.864. The van der Waals surface area contributed by atoms with E-state index in [1.165, 1.54) is 22.0 Å². The van der Waals surface area contributed by atoms with Crippen LogP contribution in [0.15, 0.2) is 12.4 Å². The Bertz CT molecular complexity index is 461. The Balaban J connectivity index is 2.15. The molecule has 0 aromatic carbocycles. The van der Waals surface area contributed by atoms with E-state index in [1.807, 2.05) is 38.1 Å². The van der Waals surface area contributed by atoms with E-state index in [1.54, 1.807) is 0 Å². The molecule has 1 N–H and O–H groups in total. The van der Waals surface area contributed by atoms with Crippen molar-refractivity contribution in [2.45, 2.75) is 19.4 Å². The van der Waals surface area contributed by atoms with Crippen molar-refractivity contribution in [1.82, 2.24) is 24.7 Å².